The average Bonchev–Trinajstić information content (AvgIpc) is 2.31. The molecule has 0 amide bonds. The Hall–Kier alpha value is -1.23. The highest BCUT2D eigenvalue weighted by Crippen LogP contribution is 2.21. The summed E-state index contributed by atoms with van der Waals surface area (Å²) in [6, 6.07) is 0.345. The Labute approximate surface area is 91.2 Å². The van der Waals surface area contributed by atoms with Crippen LogP contribution < -0.4 is 11.1 Å². The smallest absolute Gasteiger partial charge is 0.148 e. The van der Waals surface area contributed by atoms with Gasteiger partial charge in [0.05, 0.1) is 11.4 Å². The molecule has 1 rings (SSSR count). The first-order valence-electron chi connectivity index (χ1n) is 5.12. The van der Waals surface area contributed by atoms with E-state index in [0.29, 0.717) is 6.04 Å². The number of nitrogen functional groups attached to an aromatic ring is 1. The van der Waals surface area contributed by atoms with Crippen molar-refractivity contribution in [3.8, 4) is 0 Å². The summed E-state index contributed by atoms with van der Waals surface area (Å²) in [5.41, 5.74) is 7.53. The molecule has 5 heteroatoms. The summed E-state index contributed by atoms with van der Waals surface area (Å²) in [7, 11) is 6.00. The number of likely N-dealkylation sites (N-methyl/N-ethyl adjacent to an activating group) is 1. The third-order valence-corrected chi connectivity index (χ3v) is 2.29. The molecular weight excluding hydrogens is 190 g/mol. The molecule has 1 heterocycles. The van der Waals surface area contributed by atoms with E-state index in [0.717, 1.165) is 23.7 Å². The largest absolute Gasteiger partial charge is 0.394 e. The molecule has 0 spiro atoms. The summed E-state index contributed by atoms with van der Waals surface area (Å²) >= 11 is 0. The molecule has 1 aromatic rings. The minimum Gasteiger partial charge on any atom is -0.394 e. The molecule has 0 fully saturated rings. The first-order chi connectivity index (χ1) is 6.91. The topological polar surface area (TPSA) is 59.1 Å². The van der Waals surface area contributed by atoms with Crippen LogP contribution in [0.3, 0.4) is 0 Å². The lowest BCUT2D eigenvalue weighted by Crippen LogP contribution is -2.30. The van der Waals surface area contributed by atoms with Gasteiger partial charge in [-0.05, 0) is 27.9 Å². The highest BCUT2D eigenvalue weighted by atomic mass is 15.3. The van der Waals surface area contributed by atoms with Gasteiger partial charge >= 0.3 is 0 Å². The lowest BCUT2D eigenvalue weighted by atomic mass is 10.3. The molecule has 0 aliphatic rings. The Bertz CT molecular complexity index is 329. The van der Waals surface area contributed by atoms with Crippen molar-refractivity contribution in [3.63, 3.8) is 0 Å². The molecule has 3 N–H and O–H groups in total. The van der Waals surface area contributed by atoms with E-state index in [1.165, 1.54) is 0 Å². The standard InChI is InChI=1S/C10H21N5/c1-7(6-14(3)4)12-10-9(11)8(2)13-15(10)5/h7,12H,6,11H2,1-5H3. The van der Waals surface area contributed by atoms with Crippen molar-refractivity contribution in [3.05, 3.63) is 5.69 Å². The van der Waals surface area contributed by atoms with Crippen molar-refractivity contribution in [1.29, 1.82) is 0 Å². The molecule has 5 nitrogen and oxygen atoms in total. The molecule has 0 saturated heterocycles. The number of anilines is 2. The maximum absolute atomic E-state index is 5.92. The van der Waals surface area contributed by atoms with Crippen LogP contribution in [0.1, 0.15) is 12.6 Å². The average molecular weight is 211 g/mol. The van der Waals surface area contributed by atoms with Gasteiger partial charge in [0.2, 0.25) is 0 Å². The van der Waals surface area contributed by atoms with Crippen molar-refractivity contribution in [2.75, 3.05) is 31.7 Å². The summed E-state index contributed by atoms with van der Waals surface area (Å²) in [6.07, 6.45) is 0. The van der Waals surface area contributed by atoms with Crippen LogP contribution in [0, 0.1) is 6.92 Å². The number of hydrogen-bond donors (Lipinski definition) is 2. The fourth-order valence-corrected chi connectivity index (χ4v) is 1.67. The number of nitrogens with zero attached hydrogens (tertiary/aromatic N) is 3. The molecule has 0 saturated carbocycles. The van der Waals surface area contributed by atoms with Gasteiger partial charge in [-0.3, -0.25) is 4.68 Å². The molecule has 0 radical (unpaired) electrons. The van der Waals surface area contributed by atoms with Crippen LogP contribution in [-0.2, 0) is 7.05 Å². The van der Waals surface area contributed by atoms with Crippen LogP contribution >= 0.6 is 0 Å². The summed E-state index contributed by atoms with van der Waals surface area (Å²) in [5, 5.41) is 7.62. The number of nitrogens with one attached hydrogen (secondary N) is 1. The van der Waals surface area contributed by atoms with Crippen molar-refractivity contribution in [2.24, 2.45) is 7.05 Å². The molecule has 0 bridgehead atoms. The van der Waals surface area contributed by atoms with Crippen LogP contribution in [0.5, 0.6) is 0 Å². The van der Waals surface area contributed by atoms with E-state index in [9.17, 15) is 0 Å². The van der Waals surface area contributed by atoms with Crippen molar-refractivity contribution in [2.45, 2.75) is 19.9 Å². The number of aryl methyl sites for hydroxylation is 2. The first-order valence-corrected chi connectivity index (χ1v) is 5.12. The third kappa shape index (κ3) is 2.86. The van der Waals surface area contributed by atoms with E-state index in [2.05, 4.69) is 36.3 Å². The van der Waals surface area contributed by atoms with Gasteiger partial charge in [0.1, 0.15) is 5.82 Å². The van der Waals surface area contributed by atoms with E-state index < -0.39 is 0 Å². The number of hydrogen-bond acceptors (Lipinski definition) is 4. The quantitative estimate of drug-likeness (QED) is 0.768. The van der Waals surface area contributed by atoms with Crippen molar-refractivity contribution < 1.29 is 0 Å². The molecular formula is C10H21N5. The zero-order valence-corrected chi connectivity index (χ0v) is 10.2. The Kier molecular flexibility index (Phi) is 3.57. The second-order valence-electron chi connectivity index (χ2n) is 4.28. The molecule has 0 aliphatic heterocycles. The molecule has 0 aliphatic carbocycles. The number of nitrogens with two attached hydrogens (primary N) is 1. The highest BCUT2D eigenvalue weighted by molar-refractivity contribution is 5.64. The van der Waals surface area contributed by atoms with Gasteiger partial charge < -0.3 is 16.0 Å². The molecule has 1 aromatic heterocycles. The van der Waals surface area contributed by atoms with Crippen LogP contribution in [-0.4, -0.2) is 41.4 Å². The maximum atomic E-state index is 5.92. The van der Waals surface area contributed by atoms with Gasteiger partial charge in [0.15, 0.2) is 0 Å². The zero-order valence-electron chi connectivity index (χ0n) is 10.2. The lowest BCUT2D eigenvalue weighted by Gasteiger charge is -2.19. The second kappa shape index (κ2) is 4.53. The second-order valence-corrected chi connectivity index (χ2v) is 4.28. The van der Waals surface area contributed by atoms with Gasteiger partial charge in [-0.1, -0.05) is 0 Å². The van der Waals surface area contributed by atoms with E-state index in [1.807, 2.05) is 14.0 Å². The van der Waals surface area contributed by atoms with Gasteiger partial charge in [-0.2, -0.15) is 5.10 Å². The van der Waals surface area contributed by atoms with Crippen LogP contribution in [0.25, 0.3) is 0 Å². The van der Waals surface area contributed by atoms with Gasteiger partial charge in [-0.25, -0.2) is 0 Å². The van der Waals surface area contributed by atoms with E-state index in [1.54, 1.807) is 4.68 Å². The lowest BCUT2D eigenvalue weighted by molar-refractivity contribution is 0.391. The van der Waals surface area contributed by atoms with Gasteiger partial charge in [0.25, 0.3) is 0 Å². The summed E-state index contributed by atoms with van der Waals surface area (Å²) in [4.78, 5) is 2.14. The predicted octanol–water partition coefficient (Wildman–Crippen LogP) is 0.673. The van der Waals surface area contributed by atoms with Crippen LogP contribution in [0.4, 0.5) is 11.5 Å². The minimum absolute atomic E-state index is 0.345. The Morgan fingerprint density at radius 3 is 2.53 bits per heavy atom. The molecule has 0 aromatic carbocycles. The zero-order chi connectivity index (χ0) is 11.6. The van der Waals surface area contributed by atoms with E-state index in [4.69, 9.17) is 5.73 Å². The van der Waals surface area contributed by atoms with E-state index in [-0.39, 0.29) is 0 Å². The SMILES string of the molecule is Cc1nn(C)c(NC(C)CN(C)C)c1N. The fraction of sp³-hybridized carbons (Fsp3) is 0.700. The first kappa shape index (κ1) is 11.8. The molecule has 1 atom stereocenters. The van der Waals surface area contributed by atoms with Crippen molar-refractivity contribution in [1.82, 2.24) is 14.7 Å². The third-order valence-electron chi connectivity index (χ3n) is 2.29. The van der Waals surface area contributed by atoms with Crippen LogP contribution in [0.15, 0.2) is 0 Å². The Balaban J connectivity index is 2.71. The van der Waals surface area contributed by atoms with E-state index >= 15 is 0 Å². The number of aromatic nitrogens is 2. The van der Waals surface area contributed by atoms with Gasteiger partial charge in [-0.15, -0.1) is 0 Å². The maximum Gasteiger partial charge on any atom is 0.148 e. The predicted molar refractivity (Wildman–Crippen MR) is 64.0 cm³/mol. The summed E-state index contributed by atoms with van der Waals surface area (Å²) in [5.74, 6) is 0.904. The Morgan fingerprint density at radius 1 is 1.53 bits per heavy atom. The fourth-order valence-electron chi connectivity index (χ4n) is 1.67. The highest BCUT2D eigenvalue weighted by Gasteiger charge is 2.12. The van der Waals surface area contributed by atoms with Crippen molar-refractivity contribution >= 4 is 11.5 Å². The van der Waals surface area contributed by atoms with Gasteiger partial charge in [0, 0.05) is 19.6 Å². The minimum atomic E-state index is 0.345. The normalized spacial score (nSPS) is 13.2. The summed E-state index contributed by atoms with van der Waals surface area (Å²) in [6.45, 7) is 5.00. The summed E-state index contributed by atoms with van der Waals surface area (Å²) < 4.78 is 1.79. The number of rotatable bonds is 4. The van der Waals surface area contributed by atoms with Crippen LogP contribution in [0.2, 0.25) is 0 Å². The molecule has 86 valence electrons. The Morgan fingerprint density at radius 2 is 2.13 bits per heavy atom. The molecule has 1 unspecified atom stereocenters. The molecule has 15 heavy (non-hydrogen) atoms. The monoisotopic (exact) mass is 211 g/mol.